The quantitative estimate of drug-likeness (QED) is 0.0261. The van der Waals surface area contributed by atoms with Gasteiger partial charge in [-0.2, -0.15) is 0 Å². The summed E-state index contributed by atoms with van der Waals surface area (Å²) in [6.45, 7) is 6.59. The number of allylic oxidation sites excluding steroid dienone is 8. The Hall–Kier alpha value is -2.63. The Kier molecular flexibility index (Phi) is 62.6. The average Bonchev–Trinajstić information content (AvgIpc) is 3.42. The molecule has 0 fully saturated rings. The van der Waals surface area contributed by atoms with Crippen LogP contribution in [0.4, 0.5) is 0 Å². The average molecular weight is 1070 g/mol. The topological polar surface area (TPSA) is 78.9 Å². The van der Waals surface area contributed by atoms with Crippen molar-refractivity contribution in [2.24, 2.45) is 0 Å². The normalized spacial score (nSPS) is 12.3. The van der Waals surface area contributed by atoms with E-state index in [2.05, 4.69) is 69.4 Å². The van der Waals surface area contributed by atoms with Gasteiger partial charge in [0, 0.05) is 19.3 Å². The molecule has 0 rings (SSSR count). The third kappa shape index (κ3) is 62.2. The highest BCUT2D eigenvalue weighted by molar-refractivity contribution is 5.71. The molecule has 0 radical (unpaired) electrons. The molecule has 0 aliphatic carbocycles. The zero-order valence-corrected chi connectivity index (χ0v) is 51.0. The SMILES string of the molecule is CC/C=C\C/C=C\C/C=C\C/C=C\CCCCCCCCCCCCCCCCCCCCC(=O)OCC(COC(=O)CCCCCCCCCCCCCCC)OC(=O)CCCCCCCCCCCCCCCC. The summed E-state index contributed by atoms with van der Waals surface area (Å²) in [6.07, 6.45) is 81.4. The Balaban J connectivity index is 4.11. The van der Waals surface area contributed by atoms with Crippen molar-refractivity contribution in [3.05, 3.63) is 48.6 Å². The Bertz CT molecular complexity index is 1310. The first-order valence-corrected chi connectivity index (χ1v) is 33.6. The highest BCUT2D eigenvalue weighted by Crippen LogP contribution is 2.18. The number of ether oxygens (including phenoxy) is 3. The molecule has 6 nitrogen and oxygen atoms in total. The van der Waals surface area contributed by atoms with E-state index in [1.54, 1.807) is 0 Å². The minimum absolute atomic E-state index is 0.0651. The second-order valence-electron chi connectivity index (χ2n) is 22.7. The number of unbranched alkanes of at least 4 members (excludes halogenated alkanes) is 43. The first-order valence-electron chi connectivity index (χ1n) is 33.6. The summed E-state index contributed by atoms with van der Waals surface area (Å²) in [5, 5.41) is 0. The molecule has 444 valence electrons. The molecule has 76 heavy (non-hydrogen) atoms. The van der Waals surface area contributed by atoms with Crippen LogP contribution in [0.1, 0.15) is 361 Å². The van der Waals surface area contributed by atoms with Crippen LogP contribution in [0.3, 0.4) is 0 Å². The third-order valence-corrected chi connectivity index (χ3v) is 15.1. The van der Waals surface area contributed by atoms with E-state index in [0.717, 1.165) is 83.5 Å². The highest BCUT2D eigenvalue weighted by Gasteiger charge is 2.19. The first kappa shape index (κ1) is 73.4. The van der Waals surface area contributed by atoms with Gasteiger partial charge in [0.25, 0.3) is 0 Å². The molecule has 0 bridgehead atoms. The Morgan fingerprint density at radius 2 is 0.513 bits per heavy atom. The van der Waals surface area contributed by atoms with Crippen molar-refractivity contribution >= 4 is 17.9 Å². The van der Waals surface area contributed by atoms with Crippen molar-refractivity contribution in [1.29, 1.82) is 0 Å². The van der Waals surface area contributed by atoms with Crippen LogP contribution >= 0.6 is 0 Å². The van der Waals surface area contributed by atoms with E-state index in [-0.39, 0.29) is 31.1 Å². The lowest BCUT2D eigenvalue weighted by Gasteiger charge is -2.18. The molecule has 0 N–H and O–H groups in total. The molecule has 0 aliphatic heterocycles. The van der Waals surface area contributed by atoms with Crippen LogP contribution in [0.15, 0.2) is 48.6 Å². The van der Waals surface area contributed by atoms with Crippen molar-refractivity contribution in [3.8, 4) is 0 Å². The molecule has 0 aromatic heterocycles. The number of carbonyl (C=O) groups excluding carboxylic acids is 3. The Morgan fingerprint density at radius 3 is 0.803 bits per heavy atom. The predicted octanol–water partition coefficient (Wildman–Crippen LogP) is 22.9. The van der Waals surface area contributed by atoms with Crippen LogP contribution in [0.25, 0.3) is 0 Å². The van der Waals surface area contributed by atoms with Gasteiger partial charge in [0.1, 0.15) is 13.2 Å². The van der Waals surface area contributed by atoms with Crippen LogP contribution in [0, 0.1) is 0 Å². The molecule has 0 spiro atoms. The van der Waals surface area contributed by atoms with Crippen LogP contribution in [0.5, 0.6) is 0 Å². The van der Waals surface area contributed by atoms with Crippen molar-refractivity contribution < 1.29 is 28.6 Å². The van der Waals surface area contributed by atoms with Gasteiger partial charge in [-0.1, -0.05) is 333 Å². The molecular formula is C70H128O6. The van der Waals surface area contributed by atoms with Crippen molar-refractivity contribution in [3.63, 3.8) is 0 Å². The summed E-state index contributed by atoms with van der Waals surface area (Å²) in [4.78, 5) is 38.3. The number of esters is 3. The number of rotatable bonds is 62. The molecule has 1 atom stereocenters. The second kappa shape index (κ2) is 64.9. The lowest BCUT2D eigenvalue weighted by atomic mass is 10.0. The smallest absolute Gasteiger partial charge is 0.306 e. The standard InChI is InChI=1S/C70H128O6/c1-4-7-10-13-16-19-22-25-27-28-29-30-31-32-33-34-35-36-37-38-39-40-41-42-43-46-48-51-54-57-60-63-69(72)75-66-67(65-74-68(71)62-59-56-53-50-47-44-24-21-18-15-12-9-6-3)76-70(73)64-61-58-55-52-49-45-26-23-20-17-14-11-8-5-2/h7,10,16,19,25,27,29-30,67H,4-6,8-9,11-15,17-18,20-24,26,28,31-66H2,1-3H3/b10-7-,19-16-,27-25-,30-29-. The molecular weight excluding hydrogens is 937 g/mol. The lowest BCUT2D eigenvalue weighted by molar-refractivity contribution is -0.167. The second-order valence-corrected chi connectivity index (χ2v) is 22.7. The largest absolute Gasteiger partial charge is 0.462 e. The van der Waals surface area contributed by atoms with Crippen LogP contribution < -0.4 is 0 Å². The zero-order valence-electron chi connectivity index (χ0n) is 51.0. The van der Waals surface area contributed by atoms with E-state index in [1.807, 2.05) is 0 Å². The number of hydrogen-bond acceptors (Lipinski definition) is 6. The molecule has 0 saturated carbocycles. The van der Waals surface area contributed by atoms with E-state index in [0.29, 0.717) is 19.3 Å². The van der Waals surface area contributed by atoms with Gasteiger partial charge in [-0.3, -0.25) is 14.4 Å². The van der Waals surface area contributed by atoms with Gasteiger partial charge in [-0.25, -0.2) is 0 Å². The molecule has 0 aromatic rings. The molecule has 0 aromatic carbocycles. The highest BCUT2D eigenvalue weighted by atomic mass is 16.6. The maximum absolute atomic E-state index is 12.9. The van der Waals surface area contributed by atoms with Crippen molar-refractivity contribution in [2.75, 3.05) is 13.2 Å². The minimum atomic E-state index is -0.767. The number of carbonyl (C=O) groups is 3. The summed E-state index contributed by atoms with van der Waals surface area (Å²) in [5.41, 5.74) is 0. The summed E-state index contributed by atoms with van der Waals surface area (Å²) in [5.74, 6) is -0.838. The van der Waals surface area contributed by atoms with Gasteiger partial charge in [0.2, 0.25) is 0 Å². The molecule has 0 heterocycles. The molecule has 0 saturated heterocycles. The maximum atomic E-state index is 12.9. The fourth-order valence-electron chi connectivity index (χ4n) is 10.1. The van der Waals surface area contributed by atoms with Crippen LogP contribution in [-0.4, -0.2) is 37.2 Å². The first-order chi connectivity index (χ1) is 37.5. The molecule has 6 heteroatoms. The van der Waals surface area contributed by atoms with E-state index < -0.39 is 6.10 Å². The predicted molar refractivity (Wildman–Crippen MR) is 330 cm³/mol. The molecule has 1 unspecified atom stereocenters. The van der Waals surface area contributed by atoms with E-state index >= 15 is 0 Å². The minimum Gasteiger partial charge on any atom is -0.462 e. The van der Waals surface area contributed by atoms with Crippen molar-refractivity contribution in [1.82, 2.24) is 0 Å². The zero-order chi connectivity index (χ0) is 55.0. The van der Waals surface area contributed by atoms with E-state index in [4.69, 9.17) is 14.2 Å². The Labute approximate surface area is 473 Å². The summed E-state index contributed by atoms with van der Waals surface area (Å²) in [6, 6.07) is 0. The van der Waals surface area contributed by atoms with Crippen LogP contribution in [0.2, 0.25) is 0 Å². The summed E-state index contributed by atoms with van der Waals surface area (Å²) < 4.78 is 16.9. The summed E-state index contributed by atoms with van der Waals surface area (Å²) >= 11 is 0. The fraction of sp³-hybridized carbons (Fsp3) is 0.843. The van der Waals surface area contributed by atoms with Gasteiger partial charge in [-0.15, -0.1) is 0 Å². The lowest BCUT2D eigenvalue weighted by Crippen LogP contribution is -2.30. The van der Waals surface area contributed by atoms with E-state index in [9.17, 15) is 14.4 Å². The van der Waals surface area contributed by atoms with Crippen molar-refractivity contribution in [2.45, 2.75) is 367 Å². The van der Waals surface area contributed by atoms with Gasteiger partial charge < -0.3 is 14.2 Å². The van der Waals surface area contributed by atoms with Gasteiger partial charge >= 0.3 is 17.9 Å². The van der Waals surface area contributed by atoms with Gasteiger partial charge in [-0.05, 0) is 57.8 Å². The monoisotopic (exact) mass is 1060 g/mol. The summed E-state index contributed by atoms with van der Waals surface area (Å²) in [7, 11) is 0. The van der Waals surface area contributed by atoms with Gasteiger partial charge in [0.05, 0.1) is 0 Å². The fourth-order valence-corrected chi connectivity index (χ4v) is 10.1. The maximum Gasteiger partial charge on any atom is 0.306 e. The van der Waals surface area contributed by atoms with Gasteiger partial charge in [0.15, 0.2) is 6.10 Å². The molecule has 0 amide bonds. The number of hydrogen-bond donors (Lipinski definition) is 0. The van der Waals surface area contributed by atoms with Crippen LogP contribution in [-0.2, 0) is 28.6 Å². The van der Waals surface area contributed by atoms with E-state index in [1.165, 1.54) is 238 Å². The molecule has 0 aliphatic rings. The Morgan fingerprint density at radius 1 is 0.276 bits per heavy atom. The third-order valence-electron chi connectivity index (χ3n) is 15.1.